The van der Waals surface area contributed by atoms with E-state index < -0.39 is 102 Å². The van der Waals surface area contributed by atoms with Gasteiger partial charge in [-0.15, -0.1) is 13.2 Å². The second-order valence-corrected chi connectivity index (χ2v) is 15.0. The lowest BCUT2D eigenvalue weighted by atomic mass is 9.81. The molecule has 0 aliphatic carbocycles. The van der Waals surface area contributed by atoms with E-state index in [2.05, 4.69) is 29.1 Å². The third-order valence-corrected chi connectivity index (χ3v) is 8.59. The molecule has 0 radical (unpaired) electrons. The number of amides is 5. The molecule has 15 heteroatoms. The van der Waals surface area contributed by atoms with Gasteiger partial charge in [0.25, 0.3) is 5.91 Å². The molecule has 0 aromatic carbocycles. The Kier molecular flexibility index (Phi) is 14.9. The van der Waals surface area contributed by atoms with Crippen molar-refractivity contribution >= 4 is 29.5 Å². The van der Waals surface area contributed by atoms with Crippen molar-refractivity contribution in [2.24, 2.45) is 34.3 Å². The predicted octanol–water partition coefficient (Wildman–Crippen LogP) is 2.72. The summed E-state index contributed by atoms with van der Waals surface area (Å²) in [5.41, 5.74) is 3.54. The van der Waals surface area contributed by atoms with Crippen LogP contribution in [-0.4, -0.2) is 101 Å². The zero-order chi connectivity index (χ0) is 37.5. The van der Waals surface area contributed by atoms with Crippen LogP contribution in [0.1, 0.15) is 68.2 Å². The third-order valence-electron chi connectivity index (χ3n) is 8.59. The van der Waals surface area contributed by atoms with Crippen molar-refractivity contribution in [2.45, 2.75) is 105 Å². The maximum Gasteiger partial charge on any atom is 0.389 e. The summed E-state index contributed by atoms with van der Waals surface area (Å²) in [6.07, 6.45) is -5.01. The van der Waals surface area contributed by atoms with Crippen LogP contribution in [0.15, 0.2) is 25.3 Å². The summed E-state index contributed by atoms with van der Waals surface area (Å²) in [5.74, 6) is -5.75. The Balaban J connectivity index is 3.53. The molecule has 1 fully saturated rings. The first-order valence-corrected chi connectivity index (χ1v) is 16.0. The number of Topliss-reactive ketones (excluding diaryl/α,β-unsaturated/α-hetero) is 1. The van der Waals surface area contributed by atoms with Gasteiger partial charge in [-0.05, 0) is 42.1 Å². The molecule has 0 aromatic heterocycles. The second-order valence-electron chi connectivity index (χ2n) is 15.0. The highest BCUT2D eigenvalue weighted by atomic mass is 19.4. The molecular weight excluding hydrogens is 633 g/mol. The number of ketones is 1. The summed E-state index contributed by atoms with van der Waals surface area (Å²) in [5, 5.41) is 18.8. The van der Waals surface area contributed by atoms with Crippen molar-refractivity contribution in [3.8, 4) is 0 Å². The molecule has 0 saturated carbocycles. The monoisotopic (exact) mass is 688 g/mol. The van der Waals surface area contributed by atoms with E-state index in [4.69, 9.17) is 5.73 Å². The van der Waals surface area contributed by atoms with Gasteiger partial charge < -0.3 is 31.7 Å². The Labute approximate surface area is 282 Å². The molecule has 5 amide bonds. The maximum atomic E-state index is 14.4. The van der Waals surface area contributed by atoms with Crippen LogP contribution in [0, 0.1) is 28.6 Å². The highest BCUT2D eigenvalue weighted by Gasteiger charge is 2.51. The SMILES string of the molecule is C=CCN(C)C(O)[C@@H](NC(=O)N[C@H](C(=O)N1C[C@H](C=C)[C@H](C(C)C)[C@H]1C(=O)NC(CCC(F)(F)F)C(=O)C(N)=O)C(C)(C)C)C(C)(C)C. The van der Waals surface area contributed by atoms with E-state index in [1.165, 1.54) is 4.90 Å². The Hall–Kier alpha value is -3.46. The normalized spacial score (nSPS) is 21.2. The number of primary amides is 1. The summed E-state index contributed by atoms with van der Waals surface area (Å²) in [6, 6.07) is -5.93. The zero-order valence-corrected chi connectivity index (χ0v) is 29.6. The molecule has 48 heavy (non-hydrogen) atoms. The quantitative estimate of drug-likeness (QED) is 0.0999. The van der Waals surface area contributed by atoms with Crippen LogP contribution in [0.2, 0.25) is 0 Å². The molecule has 1 aliphatic rings. The number of rotatable bonds is 15. The number of hydrogen-bond acceptors (Lipinski definition) is 7. The highest BCUT2D eigenvalue weighted by Crippen LogP contribution is 2.38. The van der Waals surface area contributed by atoms with E-state index in [-0.39, 0.29) is 12.5 Å². The smallest absolute Gasteiger partial charge is 0.376 e. The van der Waals surface area contributed by atoms with Gasteiger partial charge in [-0.2, -0.15) is 13.2 Å². The lowest BCUT2D eigenvalue weighted by molar-refractivity contribution is -0.147. The summed E-state index contributed by atoms with van der Waals surface area (Å²) in [6.45, 7) is 22.1. The first kappa shape index (κ1) is 42.6. The molecule has 0 bridgehead atoms. The van der Waals surface area contributed by atoms with E-state index in [1.54, 1.807) is 58.7 Å². The van der Waals surface area contributed by atoms with Crippen LogP contribution in [-0.2, 0) is 19.2 Å². The molecule has 6 N–H and O–H groups in total. The number of nitrogens with one attached hydrogen (secondary N) is 3. The molecule has 1 heterocycles. The molecule has 12 nitrogen and oxygen atoms in total. The fourth-order valence-electron chi connectivity index (χ4n) is 5.98. The number of aliphatic hydroxyl groups is 1. The van der Waals surface area contributed by atoms with Gasteiger partial charge in [0.15, 0.2) is 0 Å². The van der Waals surface area contributed by atoms with Crippen LogP contribution < -0.4 is 21.7 Å². The van der Waals surface area contributed by atoms with Crippen LogP contribution in [0.3, 0.4) is 0 Å². The Morgan fingerprint density at radius 2 is 1.56 bits per heavy atom. The molecule has 7 atom stereocenters. The molecule has 1 rings (SSSR count). The number of carbonyl (C=O) groups excluding carboxylic acids is 5. The molecular formula is C33H55F3N6O6. The lowest BCUT2D eigenvalue weighted by Crippen LogP contribution is -2.63. The van der Waals surface area contributed by atoms with E-state index in [9.17, 15) is 42.3 Å². The minimum atomic E-state index is -4.68. The van der Waals surface area contributed by atoms with Crippen LogP contribution in [0.25, 0.3) is 0 Å². The van der Waals surface area contributed by atoms with Crippen molar-refractivity contribution in [3.63, 3.8) is 0 Å². The van der Waals surface area contributed by atoms with E-state index in [0.717, 1.165) is 0 Å². The second kappa shape index (κ2) is 16.8. The van der Waals surface area contributed by atoms with Crippen molar-refractivity contribution in [1.82, 2.24) is 25.8 Å². The van der Waals surface area contributed by atoms with E-state index >= 15 is 0 Å². The maximum absolute atomic E-state index is 14.4. The van der Waals surface area contributed by atoms with E-state index in [1.807, 2.05) is 20.8 Å². The standard InChI is InChI=1S/C33H55F3N6O6/c1-12-16-41(11)28(46)24(31(5,6)7)39-30(48)40-25(32(8,9)10)29(47)42-17-19(13-2)21(18(3)4)22(42)27(45)38-20(23(43)26(37)44)14-15-33(34,35)36/h12-13,18-22,24-25,28,46H,1-2,14-17H2,3-11H3,(H2,37,44)(H,38,45)(H2,39,40,48)/t19-,20?,21-,22-,24+,25+,28?/m0/s1. The number of urea groups is 1. The number of halogens is 3. The van der Waals surface area contributed by atoms with Crippen molar-refractivity contribution < 1.29 is 42.3 Å². The summed E-state index contributed by atoms with van der Waals surface area (Å²) < 4.78 is 39.2. The summed E-state index contributed by atoms with van der Waals surface area (Å²) >= 11 is 0. The van der Waals surface area contributed by atoms with E-state index in [0.29, 0.717) is 6.54 Å². The molecule has 1 saturated heterocycles. The number of nitrogens with two attached hydrogens (primary N) is 1. The van der Waals surface area contributed by atoms with Gasteiger partial charge in [-0.1, -0.05) is 67.5 Å². The average Bonchev–Trinajstić information content (AvgIpc) is 3.34. The van der Waals surface area contributed by atoms with Gasteiger partial charge in [0, 0.05) is 19.5 Å². The first-order chi connectivity index (χ1) is 21.8. The van der Waals surface area contributed by atoms with Gasteiger partial charge in [-0.25, -0.2) is 4.79 Å². The molecule has 0 aromatic rings. The topological polar surface area (TPSA) is 174 Å². The van der Waals surface area contributed by atoms with Crippen LogP contribution in [0.4, 0.5) is 18.0 Å². The third kappa shape index (κ3) is 11.6. The fourth-order valence-corrected chi connectivity index (χ4v) is 5.98. The Morgan fingerprint density at radius 3 is 1.98 bits per heavy atom. The van der Waals surface area contributed by atoms with Gasteiger partial charge >= 0.3 is 12.2 Å². The highest BCUT2D eigenvalue weighted by molar-refractivity contribution is 6.37. The largest absolute Gasteiger partial charge is 0.389 e. The molecule has 1 aliphatic heterocycles. The summed E-state index contributed by atoms with van der Waals surface area (Å²) in [4.78, 5) is 68.7. The first-order valence-electron chi connectivity index (χ1n) is 16.0. The number of hydrogen-bond donors (Lipinski definition) is 5. The predicted molar refractivity (Wildman–Crippen MR) is 176 cm³/mol. The number of likely N-dealkylation sites (tertiary alicyclic amines) is 1. The number of alkyl halides is 3. The lowest BCUT2D eigenvalue weighted by Gasteiger charge is -2.40. The van der Waals surface area contributed by atoms with Gasteiger partial charge in [0.05, 0.1) is 12.1 Å². The van der Waals surface area contributed by atoms with Crippen LogP contribution in [0.5, 0.6) is 0 Å². The molecule has 274 valence electrons. The number of likely N-dealkylation sites (N-methyl/N-ethyl adjacent to an activating group) is 1. The van der Waals surface area contributed by atoms with Crippen molar-refractivity contribution in [2.75, 3.05) is 20.1 Å². The minimum absolute atomic E-state index is 0.00813. The number of carbonyl (C=O) groups is 5. The Bertz CT molecular complexity index is 1200. The van der Waals surface area contributed by atoms with Gasteiger partial charge in [0.2, 0.25) is 17.6 Å². The molecule has 2 unspecified atom stereocenters. The van der Waals surface area contributed by atoms with Crippen molar-refractivity contribution in [1.29, 1.82) is 0 Å². The number of aliphatic hydroxyl groups excluding tert-OH is 1. The van der Waals surface area contributed by atoms with Crippen molar-refractivity contribution in [3.05, 3.63) is 25.3 Å². The van der Waals surface area contributed by atoms with Gasteiger partial charge in [-0.3, -0.25) is 24.1 Å². The van der Waals surface area contributed by atoms with Crippen LogP contribution >= 0.6 is 0 Å². The molecule has 0 spiro atoms. The number of nitrogens with zero attached hydrogens (tertiary/aromatic N) is 2. The Morgan fingerprint density at radius 1 is 1.00 bits per heavy atom. The fraction of sp³-hybridized carbons (Fsp3) is 0.727. The summed E-state index contributed by atoms with van der Waals surface area (Å²) in [7, 11) is 1.66. The zero-order valence-electron chi connectivity index (χ0n) is 29.6. The average molecular weight is 689 g/mol. The minimum Gasteiger partial charge on any atom is -0.376 e. The van der Waals surface area contributed by atoms with Gasteiger partial charge in [0.1, 0.15) is 18.3 Å².